The summed E-state index contributed by atoms with van der Waals surface area (Å²) in [5, 5.41) is 13.4. The molecule has 0 aliphatic carbocycles. The maximum absolute atomic E-state index is 15.1. The summed E-state index contributed by atoms with van der Waals surface area (Å²) in [6.07, 6.45) is 3.53. The molecular formula is C96H122BCl5F2N21O12. The molecule has 2 aromatic carbocycles. The fourth-order valence-corrected chi connectivity index (χ4v) is 17.2. The van der Waals surface area contributed by atoms with Gasteiger partial charge in [-0.25, -0.2) is 96.1 Å². The number of H-pyrrole nitrogens is 1. The minimum atomic E-state index is -0.640. The fraction of sp³-hybridized carbons (Fsp3) is 0.500. The first-order valence-corrected chi connectivity index (χ1v) is 47.3. The summed E-state index contributed by atoms with van der Waals surface area (Å²) in [5.74, 6) is -0.237. The highest BCUT2D eigenvalue weighted by molar-refractivity contribution is 6.42. The molecule has 0 bridgehead atoms. The lowest BCUT2D eigenvalue weighted by molar-refractivity contribution is 0.00445. The van der Waals surface area contributed by atoms with Gasteiger partial charge in [0.05, 0.1) is 112 Å². The standard InChI is InChI=1S/C34H41ClFN7O3.C28H37Cl2N7O3.C17H17Cl2N5O2.C11H22N2O2.C6H5BFO2/c1-18(2)26-29(27(19(3)4)38-17-37-26)43-31-23(14-24(35)28(39-31)22-12-10-11-13-25(22)36)30(40-32(43)44)41-15-20(5)42(21(6)16-41)33(45)46-34(7,8)9;1-14(2)20-22(21(15(3)4)32-13-31-20)37-25-18(10-19(29)23(30)33-25)24(34-26(37)38)35-11-16(5)36(17(6)12-35)27(39)40-28(7,8)9;1-7(2)11-13(12(8(3)4)21-6-20-11)24-15-9(16(25)23-17(24)26)5-10(18)14(19)22-15;1-8-6-13(7-9(2)12-8)10(14)15-11(3,4)5;8-5-3-1-2-4-6(5)10-7-9/h10-14,17-21H,15-16H2,1-9H3;10,13-17H,11-12H2,1-9H3;5-8H,1-4H3,(H,23,25,26);8-9,12H,6-7H2,1-5H3;1-4,9H/t20-,21+;16-,17+;;8-,9+;. The SMILES string of the molecule is CC(C)c1ncnc(C(C)C)c1-n1c(=O)[nH]c(=O)c2cc(Cl)c(Cl)nc21.CC(C)c1ncnc(C(C)C)c1-n1c(=O)nc(N2C[C@@H](C)N(C(=O)OC(C)(C)C)[C@@H](C)C2)c2cc(Cl)c(-c3ccccc3F)nc21.CC(C)c1ncnc(C(C)C)c1-n1c(=O)nc(N2C[C@@H](C)N(C(=O)OC(C)(C)C)[C@@H](C)C2)c2cc(Cl)c(Cl)nc21.C[C@@H]1CN(C(=O)OC(C)(C)C)C[C@H](C)N1.O[B]Oc1ccccc1F. The number of rotatable bonds is 14. The minimum absolute atomic E-state index is 0.00234. The Morgan fingerprint density at radius 2 is 0.766 bits per heavy atom. The number of pyridine rings is 3. The third kappa shape index (κ3) is 25.7. The number of aromatic amines is 1. The second-order valence-electron chi connectivity index (χ2n) is 39.0. The first-order chi connectivity index (χ1) is 64.0. The van der Waals surface area contributed by atoms with Crippen molar-refractivity contribution in [1.29, 1.82) is 0 Å². The zero-order chi connectivity index (χ0) is 102. The zero-order valence-electron chi connectivity index (χ0n) is 82.4. The van der Waals surface area contributed by atoms with E-state index in [0.29, 0.717) is 125 Å². The lowest BCUT2D eigenvalue weighted by Gasteiger charge is -2.45. The number of piperazine rings is 3. The van der Waals surface area contributed by atoms with Gasteiger partial charge in [-0.2, -0.15) is 9.97 Å². The first kappa shape index (κ1) is 108. The van der Waals surface area contributed by atoms with Gasteiger partial charge in [0, 0.05) is 56.9 Å². The molecule has 0 spiro atoms. The van der Waals surface area contributed by atoms with Crippen molar-refractivity contribution in [3.8, 4) is 34.1 Å². The van der Waals surface area contributed by atoms with E-state index >= 15 is 4.39 Å². The number of halogens is 7. The number of hydrogen-bond acceptors (Lipinski definition) is 26. The number of carbonyl (C=O) groups is 3. The number of nitrogens with one attached hydrogen (secondary N) is 2. The summed E-state index contributed by atoms with van der Waals surface area (Å²) >= 11 is 31.8. The lowest BCUT2D eigenvalue weighted by atomic mass is 10.0. The quantitative estimate of drug-likeness (QED) is 0.0517. The van der Waals surface area contributed by atoms with Gasteiger partial charge in [-0.15, -0.1) is 0 Å². The van der Waals surface area contributed by atoms with Gasteiger partial charge < -0.3 is 43.9 Å². The van der Waals surface area contributed by atoms with Gasteiger partial charge in [0.2, 0.25) is 0 Å². The maximum Gasteiger partial charge on any atom is 0.569 e. The first-order valence-electron chi connectivity index (χ1n) is 45.4. The molecule has 11 aromatic rings. The van der Waals surface area contributed by atoms with Gasteiger partial charge in [-0.1, -0.05) is 165 Å². The molecule has 3 amide bonds. The highest BCUT2D eigenvalue weighted by atomic mass is 35.5. The second-order valence-corrected chi connectivity index (χ2v) is 41.0. The summed E-state index contributed by atoms with van der Waals surface area (Å²) in [6.45, 7) is 55.5. The summed E-state index contributed by atoms with van der Waals surface area (Å²) in [6, 6.07) is 16.6. The molecule has 14 rings (SSSR count). The molecule has 33 nitrogen and oxygen atoms in total. The van der Waals surface area contributed by atoms with E-state index in [1.807, 2.05) is 183 Å². The predicted molar refractivity (Wildman–Crippen MR) is 533 cm³/mol. The van der Waals surface area contributed by atoms with E-state index in [1.54, 1.807) is 57.2 Å². The van der Waals surface area contributed by atoms with Gasteiger partial charge in [0.15, 0.2) is 22.8 Å². The highest BCUT2D eigenvalue weighted by Gasteiger charge is 2.41. The Balaban J connectivity index is 0.000000192. The molecule has 9 aromatic heterocycles. The Bertz CT molecular complexity index is 6400. The van der Waals surface area contributed by atoms with Crippen LogP contribution in [0.3, 0.4) is 0 Å². The smallest absolute Gasteiger partial charge is 0.535 e. The minimum Gasteiger partial charge on any atom is -0.535 e. The summed E-state index contributed by atoms with van der Waals surface area (Å²) in [5.41, 5.74) is 2.77. The highest BCUT2D eigenvalue weighted by Crippen LogP contribution is 2.41. The molecule has 735 valence electrons. The zero-order valence-corrected chi connectivity index (χ0v) is 86.2. The molecule has 41 heteroatoms. The van der Waals surface area contributed by atoms with Crippen molar-refractivity contribution in [3.63, 3.8) is 0 Å². The van der Waals surface area contributed by atoms with E-state index in [2.05, 4.69) is 78.6 Å². The summed E-state index contributed by atoms with van der Waals surface area (Å²) in [7, 11) is 0.443. The number of hydrogen-bond donors (Lipinski definition) is 3. The molecule has 6 atom stereocenters. The predicted octanol–water partition coefficient (Wildman–Crippen LogP) is 18.8. The van der Waals surface area contributed by atoms with E-state index < -0.39 is 57.2 Å². The van der Waals surface area contributed by atoms with E-state index in [1.165, 1.54) is 56.9 Å². The Hall–Kier alpha value is -11.1. The number of carbonyl (C=O) groups excluding carboxylic acids is 3. The molecule has 1 radical (unpaired) electrons. The number of anilines is 2. The molecular weight excluding hydrogens is 1870 g/mol. The van der Waals surface area contributed by atoms with Crippen molar-refractivity contribution in [2.45, 2.75) is 276 Å². The average molecular weight is 1990 g/mol. The molecule has 3 aliphatic rings. The number of fused-ring (bicyclic) bond motifs is 3. The van der Waals surface area contributed by atoms with Crippen LogP contribution in [0.1, 0.15) is 257 Å². The number of nitrogens with zero attached hydrogens (tertiary/aromatic N) is 19. The van der Waals surface area contributed by atoms with Crippen LogP contribution in [0.25, 0.3) is 61.4 Å². The van der Waals surface area contributed by atoms with Crippen LogP contribution in [0.4, 0.5) is 34.8 Å². The Morgan fingerprint density at radius 1 is 0.438 bits per heavy atom. The Labute approximate surface area is 821 Å². The summed E-state index contributed by atoms with van der Waals surface area (Å²) < 4.78 is 52.9. The van der Waals surface area contributed by atoms with Crippen LogP contribution in [-0.2, 0) is 14.2 Å². The van der Waals surface area contributed by atoms with E-state index in [-0.39, 0.29) is 131 Å². The van der Waals surface area contributed by atoms with Crippen LogP contribution in [-0.4, -0.2) is 212 Å². The fourth-order valence-electron chi connectivity index (χ4n) is 16.4. The van der Waals surface area contributed by atoms with Crippen molar-refractivity contribution >= 4 is 129 Å². The van der Waals surface area contributed by atoms with Gasteiger partial charge in [0.1, 0.15) is 69.3 Å². The molecule has 3 aliphatic heterocycles. The van der Waals surface area contributed by atoms with Gasteiger partial charge >= 0.3 is 43.0 Å². The van der Waals surface area contributed by atoms with Crippen molar-refractivity contribution in [1.82, 2.24) is 93.5 Å². The number of benzene rings is 2. The van der Waals surface area contributed by atoms with Crippen molar-refractivity contribution in [2.75, 3.05) is 49.1 Å². The van der Waals surface area contributed by atoms with Crippen LogP contribution in [0.2, 0.25) is 25.4 Å². The third-order valence-corrected chi connectivity index (χ3v) is 23.6. The number of amides is 3. The van der Waals surface area contributed by atoms with Crippen LogP contribution < -0.4 is 42.4 Å². The van der Waals surface area contributed by atoms with E-state index in [0.717, 1.165) is 13.1 Å². The van der Waals surface area contributed by atoms with Crippen LogP contribution >= 0.6 is 58.0 Å². The maximum atomic E-state index is 15.1. The monoisotopic (exact) mass is 1980 g/mol. The largest absolute Gasteiger partial charge is 0.569 e. The number of para-hydroxylation sites is 1. The van der Waals surface area contributed by atoms with Gasteiger partial charge in [-0.3, -0.25) is 19.6 Å². The van der Waals surface area contributed by atoms with Gasteiger partial charge in [0.25, 0.3) is 5.56 Å². The normalized spacial score (nSPS) is 17.0. The second kappa shape index (κ2) is 44.8. The van der Waals surface area contributed by atoms with Crippen LogP contribution in [0, 0.1) is 11.6 Å². The molecule has 0 unspecified atom stereocenters. The molecule has 12 heterocycles. The number of ether oxygens (including phenoxy) is 3. The van der Waals surface area contributed by atoms with E-state index in [9.17, 15) is 38.0 Å². The Kier molecular flexibility index (Phi) is 35.2. The third-order valence-electron chi connectivity index (χ3n) is 21.9. The summed E-state index contributed by atoms with van der Waals surface area (Å²) in [4.78, 5) is 152. The van der Waals surface area contributed by atoms with Gasteiger partial charge in [-0.05, 0) is 182 Å². The lowest BCUT2D eigenvalue weighted by Crippen LogP contribution is -2.59. The van der Waals surface area contributed by atoms with E-state index in [4.69, 9.17) is 82.2 Å². The van der Waals surface area contributed by atoms with Crippen LogP contribution in [0.5, 0.6) is 5.75 Å². The average Bonchev–Trinajstić information content (AvgIpc) is 0.744. The van der Waals surface area contributed by atoms with Crippen molar-refractivity contribution in [3.05, 3.63) is 199 Å². The number of aromatic nitrogens is 15. The molecule has 0 saturated carbocycles. The molecule has 3 N–H and O–H groups in total. The topological polar surface area (TPSA) is 377 Å². The van der Waals surface area contributed by atoms with Crippen LogP contribution in [0.15, 0.2) is 105 Å². The Morgan fingerprint density at radius 3 is 1.12 bits per heavy atom. The molecule has 137 heavy (non-hydrogen) atoms. The molecule has 3 saturated heterocycles. The molecule has 3 fully saturated rings. The van der Waals surface area contributed by atoms with Crippen molar-refractivity contribution in [2.24, 2.45) is 0 Å². The van der Waals surface area contributed by atoms with Crippen molar-refractivity contribution < 1.29 is 47.1 Å².